The number of furan rings is 1. The maximum atomic E-state index is 10.9. The van der Waals surface area contributed by atoms with E-state index in [1.165, 1.54) is 0 Å². The van der Waals surface area contributed by atoms with Crippen LogP contribution in [0.1, 0.15) is 34.4 Å². The first-order valence-corrected chi connectivity index (χ1v) is 6.29. The Morgan fingerprint density at radius 1 is 1.40 bits per heavy atom. The van der Waals surface area contributed by atoms with Gasteiger partial charge in [-0.2, -0.15) is 0 Å². The van der Waals surface area contributed by atoms with Gasteiger partial charge >= 0.3 is 5.97 Å². The van der Waals surface area contributed by atoms with Crippen molar-refractivity contribution in [3.63, 3.8) is 0 Å². The van der Waals surface area contributed by atoms with Gasteiger partial charge in [0.15, 0.2) is 0 Å². The van der Waals surface area contributed by atoms with E-state index < -0.39 is 5.97 Å². The third kappa shape index (κ3) is 3.09. The van der Waals surface area contributed by atoms with E-state index in [2.05, 4.69) is 0 Å². The fraction of sp³-hybridized carbons (Fsp3) is 0.188. The molecular weight excluding hydrogens is 256 g/mol. The van der Waals surface area contributed by atoms with Crippen LogP contribution in [0.2, 0.25) is 0 Å². The molecule has 1 aromatic heterocycles. The molecule has 0 spiro atoms. The molecule has 2 rings (SSSR count). The van der Waals surface area contributed by atoms with Crippen molar-refractivity contribution in [3.8, 4) is 5.75 Å². The summed E-state index contributed by atoms with van der Waals surface area (Å²) in [5.41, 5.74) is 1.56. The van der Waals surface area contributed by atoms with E-state index in [1.807, 2.05) is 43.3 Å². The fourth-order valence-electron chi connectivity index (χ4n) is 1.91. The monoisotopic (exact) mass is 272 g/mol. The zero-order valence-electron chi connectivity index (χ0n) is 11.4. The summed E-state index contributed by atoms with van der Waals surface area (Å²) in [6.07, 6.45) is 3.88. The summed E-state index contributed by atoms with van der Waals surface area (Å²) in [5.74, 6) is 0.125. The number of para-hydroxylation sites is 1. The minimum atomic E-state index is -1.07. The highest BCUT2D eigenvalue weighted by Gasteiger charge is 2.14. The predicted octanol–water partition coefficient (Wildman–Crippen LogP) is 3.90. The minimum absolute atomic E-state index is 0.0367. The molecule has 0 aliphatic heterocycles. The Kier molecular flexibility index (Phi) is 4.25. The van der Waals surface area contributed by atoms with Crippen LogP contribution in [0, 0.1) is 6.92 Å². The van der Waals surface area contributed by atoms with Gasteiger partial charge in [0.2, 0.25) is 5.76 Å². The first-order valence-electron chi connectivity index (χ1n) is 6.29. The molecule has 0 amide bonds. The first-order chi connectivity index (χ1) is 9.61. The van der Waals surface area contributed by atoms with E-state index in [9.17, 15) is 4.79 Å². The van der Waals surface area contributed by atoms with Gasteiger partial charge in [0.05, 0.1) is 0 Å². The number of carbonyl (C=O) groups is 1. The molecular formula is C16H16O4. The van der Waals surface area contributed by atoms with Gasteiger partial charge in [0.1, 0.15) is 18.1 Å². The Balaban J connectivity index is 2.13. The molecule has 0 unspecified atom stereocenters. The van der Waals surface area contributed by atoms with Crippen LogP contribution in [0.3, 0.4) is 0 Å². The lowest BCUT2D eigenvalue weighted by atomic mass is 10.2. The average Bonchev–Trinajstić information content (AvgIpc) is 2.79. The van der Waals surface area contributed by atoms with Crippen LogP contribution in [0.5, 0.6) is 5.75 Å². The van der Waals surface area contributed by atoms with Gasteiger partial charge in [-0.25, -0.2) is 4.79 Å². The second-order valence-corrected chi connectivity index (χ2v) is 4.36. The number of aryl methyl sites for hydroxylation is 1. The Hall–Kier alpha value is -2.49. The molecule has 1 aromatic carbocycles. The second kappa shape index (κ2) is 6.10. The first kappa shape index (κ1) is 13.9. The zero-order valence-corrected chi connectivity index (χ0v) is 11.4. The van der Waals surface area contributed by atoms with Crippen LogP contribution < -0.4 is 4.74 Å². The summed E-state index contributed by atoms with van der Waals surface area (Å²) in [4.78, 5) is 10.9. The second-order valence-electron chi connectivity index (χ2n) is 4.36. The van der Waals surface area contributed by atoms with Crippen molar-refractivity contribution in [1.29, 1.82) is 0 Å². The molecule has 0 aliphatic rings. The van der Waals surface area contributed by atoms with Crippen molar-refractivity contribution in [2.75, 3.05) is 0 Å². The van der Waals surface area contributed by atoms with E-state index in [0.29, 0.717) is 11.3 Å². The van der Waals surface area contributed by atoms with Crippen molar-refractivity contribution >= 4 is 12.0 Å². The molecule has 1 N–H and O–H groups in total. The smallest absolute Gasteiger partial charge is 0.372 e. The van der Waals surface area contributed by atoms with Gasteiger partial charge < -0.3 is 14.3 Å². The van der Waals surface area contributed by atoms with Crippen LogP contribution in [0.15, 0.2) is 40.8 Å². The van der Waals surface area contributed by atoms with Gasteiger partial charge in [0.25, 0.3) is 0 Å². The van der Waals surface area contributed by atoms with Crippen LogP contribution in [-0.4, -0.2) is 11.1 Å². The quantitative estimate of drug-likeness (QED) is 0.896. The van der Waals surface area contributed by atoms with Gasteiger partial charge in [-0.3, -0.25) is 0 Å². The maximum Gasteiger partial charge on any atom is 0.372 e. The summed E-state index contributed by atoms with van der Waals surface area (Å²) in [6.45, 7) is 3.83. The van der Waals surface area contributed by atoms with Crippen molar-refractivity contribution in [1.82, 2.24) is 0 Å². The van der Waals surface area contributed by atoms with Crippen molar-refractivity contribution < 1.29 is 19.1 Å². The minimum Gasteiger partial charge on any atom is -0.485 e. The lowest BCUT2D eigenvalue weighted by Gasteiger charge is -2.07. The van der Waals surface area contributed by atoms with Crippen LogP contribution in [0.25, 0.3) is 6.08 Å². The summed E-state index contributed by atoms with van der Waals surface area (Å²) < 4.78 is 10.9. The van der Waals surface area contributed by atoms with Crippen molar-refractivity contribution in [2.45, 2.75) is 20.5 Å². The highest BCUT2D eigenvalue weighted by Crippen LogP contribution is 2.22. The van der Waals surface area contributed by atoms with E-state index in [0.717, 1.165) is 11.3 Å². The number of hydrogen-bond acceptors (Lipinski definition) is 3. The Morgan fingerprint density at radius 3 is 2.80 bits per heavy atom. The summed E-state index contributed by atoms with van der Waals surface area (Å²) >= 11 is 0. The number of carboxylic acids is 1. The van der Waals surface area contributed by atoms with Gasteiger partial charge in [-0.05, 0) is 26.0 Å². The number of allylic oxidation sites excluding steroid dienone is 1. The van der Waals surface area contributed by atoms with Crippen molar-refractivity contribution in [2.24, 2.45) is 0 Å². The molecule has 4 nitrogen and oxygen atoms in total. The molecule has 0 atom stereocenters. The number of aromatic carboxylic acids is 1. The van der Waals surface area contributed by atoms with Crippen LogP contribution in [0.4, 0.5) is 0 Å². The van der Waals surface area contributed by atoms with E-state index in [1.54, 1.807) is 13.0 Å². The van der Waals surface area contributed by atoms with E-state index in [4.69, 9.17) is 14.3 Å². The van der Waals surface area contributed by atoms with Gasteiger partial charge in [-0.1, -0.05) is 30.4 Å². The molecule has 0 saturated carbocycles. The third-order valence-corrected chi connectivity index (χ3v) is 2.80. The molecule has 2 aromatic rings. The predicted molar refractivity (Wildman–Crippen MR) is 75.9 cm³/mol. The molecule has 0 fully saturated rings. The molecule has 1 heterocycles. The van der Waals surface area contributed by atoms with E-state index in [-0.39, 0.29) is 12.4 Å². The SMILES string of the molecule is C/C=C/c1ccccc1OCc1cc(C)c(C(=O)O)o1. The lowest BCUT2D eigenvalue weighted by molar-refractivity contribution is 0.0657. The molecule has 0 saturated heterocycles. The average molecular weight is 272 g/mol. The topological polar surface area (TPSA) is 59.7 Å². The highest BCUT2D eigenvalue weighted by atomic mass is 16.5. The largest absolute Gasteiger partial charge is 0.485 e. The number of ether oxygens (including phenoxy) is 1. The molecule has 0 bridgehead atoms. The molecule has 0 radical (unpaired) electrons. The zero-order chi connectivity index (χ0) is 14.5. The Morgan fingerprint density at radius 2 is 2.15 bits per heavy atom. The standard InChI is InChI=1S/C16H16O4/c1-3-6-12-7-4-5-8-14(12)19-10-13-9-11(2)15(20-13)16(17)18/h3-9H,10H2,1-2H3,(H,17,18)/b6-3+. The summed E-state index contributed by atoms with van der Waals surface area (Å²) in [7, 11) is 0. The van der Waals surface area contributed by atoms with E-state index >= 15 is 0 Å². The normalized spacial score (nSPS) is 10.9. The third-order valence-electron chi connectivity index (χ3n) is 2.80. The van der Waals surface area contributed by atoms with Gasteiger partial charge in [-0.15, -0.1) is 0 Å². The van der Waals surface area contributed by atoms with Crippen LogP contribution in [-0.2, 0) is 6.61 Å². The molecule has 104 valence electrons. The number of rotatable bonds is 5. The molecule has 20 heavy (non-hydrogen) atoms. The lowest BCUT2D eigenvalue weighted by Crippen LogP contribution is -1.96. The fourth-order valence-corrected chi connectivity index (χ4v) is 1.91. The summed E-state index contributed by atoms with van der Waals surface area (Å²) in [6, 6.07) is 9.32. The molecule has 0 aliphatic carbocycles. The highest BCUT2D eigenvalue weighted by molar-refractivity contribution is 5.86. The number of benzene rings is 1. The van der Waals surface area contributed by atoms with Gasteiger partial charge in [0, 0.05) is 11.1 Å². The van der Waals surface area contributed by atoms with Crippen LogP contribution >= 0.6 is 0 Å². The molecule has 4 heteroatoms. The van der Waals surface area contributed by atoms with Crippen molar-refractivity contribution in [3.05, 3.63) is 59.1 Å². The summed E-state index contributed by atoms with van der Waals surface area (Å²) in [5, 5.41) is 8.93. The number of carboxylic acid groups (broad SMARTS) is 1. The maximum absolute atomic E-state index is 10.9. The Labute approximate surface area is 117 Å². The Bertz CT molecular complexity index is 638. The number of hydrogen-bond donors (Lipinski definition) is 1.